The Labute approximate surface area is 86.2 Å². The number of hydrogen-bond acceptors (Lipinski definition) is 1. The summed E-state index contributed by atoms with van der Waals surface area (Å²) in [5, 5.41) is 10.2. The first-order valence-electron chi connectivity index (χ1n) is 5.95. The van der Waals surface area contributed by atoms with E-state index in [-0.39, 0.29) is 6.10 Å². The molecule has 0 aliphatic heterocycles. The third-order valence-electron chi connectivity index (χ3n) is 5.30. The lowest BCUT2D eigenvalue weighted by Crippen LogP contribution is -2.40. The molecular weight excluding hydrogens is 172 g/mol. The maximum absolute atomic E-state index is 10.2. The molecule has 0 aromatic carbocycles. The zero-order chi connectivity index (χ0) is 9.97. The van der Waals surface area contributed by atoms with E-state index >= 15 is 0 Å². The SMILES string of the molecule is CC1(C)CCC=C2C(O)C3CCC21C3. The van der Waals surface area contributed by atoms with E-state index in [1.54, 1.807) is 0 Å². The lowest BCUT2D eigenvalue weighted by Gasteiger charge is -2.48. The van der Waals surface area contributed by atoms with Crippen molar-refractivity contribution < 1.29 is 5.11 Å². The van der Waals surface area contributed by atoms with Crippen molar-refractivity contribution in [2.75, 3.05) is 0 Å². The van der Waals surface area contributed by atoms with Gasteiger partial charge in [-0.05, 0) is 54.4 Å². The van der Waals surface area contributed by atoms with Gasteiger partial charge in [0.15, 0.2) is 0 Å². The Bertz CT molecular complexity index is 302. The summed E-state index contributed by atoms with van der Waals surface area (Å²) in [7, 11) is 0. The van der Waals surface area contributed by atoms with Gasteiger partial charge in [0.2, 0.25) is 0 Å². The van der Waals surface area contributed by atoms with Gasteiger partial charge in [0.05, 0.1) is 6.10 Å². The molecule has 3 unspecified atom stereocenters. The van der Waals surface area contributed by atoms with E-state index in [0.29, 0.717) is 16.7 Å². The standard InChI is InChI=1S/C13H20O/c1-12(2)6-3-4-10-11(14)9-5-7-13(10,12)8-9/h4,9,11,14H,3,5-8H2,1-2H3. The van der Waals surface area contributed by atoms with Gasteiger partial charge in [0.1, 0.15) is 0 Å². The molecule has 3 rings (SSSR count). The van der Waals surface area contributed by atoms with Crippen LogP contribution in [-0.2, 0) is 0 Å². The molecule has 0 radical (unpaired) electrons. The summed E-state index contributed by atoms with van der Waals surface area (Å²) in [5.41, 5.74) is 2.21. The minimum absolute atomic E-state index is 0.0941. The fourth-order valence-corrected chi connectivity index (χ4v) is 4.30. The number of allylic oxidation sites excluding steroid dienone is 1. The van der Waals surface area contributed by atoms with E-state index in [1.165, 1.54) is 37.7 Å². The van der Waals surface area contributed by atoms with Gasteiger partial charge in [-0.25, -0.2) is 0 Å². The quantitative estimate of drug-likeness (QED) is 0.585. The molecule has 0 heterocycles. The average Bonchev–Trinajstić information content (AvgIpc) is 2.64. The normalized spacial score (nSPS) is 48.9. The van der Waals surface area contributed by atoms with Crippen molar-refractivity contribution in [3.8, 4) is 0 Å². The third kappa shape index (κ3) is 0.809. The van der Waals surface area contributed by atoms with Crippen LogP contribution in [0.3, 0.4) is 0 Å². The average molecular weight is 192 g/mol. The van der Waals surface area contributed by atoms with Crippen LogP contribution in [0, 0.1) is 16.7 Å². The number of aliphatic hydroxyl groups excluding tert-OH is 1. The molecule has 14 heavy (non-hydrogen) atoms. The summed E-state index contributed by atoms with van der Waals surface area (Å²) in [5.74, 6) is 0.582. The Hall–Kier alpha value is -0.300. The highest BCUT2D eigenvalue weighted by molar-refractivity contribution is 5.34. The van der Waals surface area contributed by atoms with E-state index < -0.39 is 0 Å². The van der Waals surface area contributed by atoms with Crippen molar-refractivity contribution in [3.63, 3.8) is 0 Å². The lowest BCUT2D eigenvalue weighted by molar-refractivity contribution is 0.0786. The fraction of sp³-hybridized carbons (Fsp3) is 0.846. The first-order valence-corrected chi connectivity index (χ1v) is 5.95. The van der Waals surface area contributed by atoms with Crippen molar-refractivity contribution in [2.24, 2.45) is 16.7 Å². The fourth-order valence-electron chi connectivity index (χ4n) is 4.30. The van der Waals surface area contributed by atoms with Gasteiger partial charge < -0.3 is 5.11 Å². The predicted octanol–water partition coefficient (Wildman–Crippen LogP) is 2.89. The Morgan fingerprint density at radius 2 is 2.14 bits per heavy atom. The highest BCUT2D eigenvalue weighted by Gasteiger charge is 2.60. The van der Waals surface area contributed by atoms with Crippen LogP contribution in [0.4, 0.5) is 0 Å². The van der Waals surface area contributed by atoms with Gasteiger partial charge in [0.25, 0.3) is 0 Å². The van der Waals surface area contributed by atoms with Crippen LogP contribution < -0.4 is 0 Å². The van der Waals surface area contributed by atoms with Crippen molar-refractivity contribution in [1.29, 1.82) is 0 Å². The molecule has 0 aromatic heterocycles. The molecule has 2 saturated carbocycles. The van der Waals surface area contributed by atoms with Gasteiger partial charge in [-0.1, -0.05) is 19.9 Å². The van der Waals surface area contributed by atoms with Gasteiger partial charge in [0, 0.05) is 0 Å². The molecule has 1 nitrogen and oxygen atoms in total. The first kappa shape index (κ1) is 8.96. The van der Waals surface area contributed by atoms with E-state index in [2.05, 4.69) is 19.9 Å². The second kappa shape index (κ2) is 2.44. The monoisotopic (exact) mass is 192 g/mol. The van der Waals surface area contributed by atoms with E-state index in [1.807, 2.05) is 0 Å². The molecule has 1 N–H and O–H groups in total. The Balaban J connectivity index is 2.13. The maximum atomic E-state index is 10.2. The highest BCUT2D eigenvalue weighted by atomic mass is 16.3. The molecule has 0 aromatic rings. The van der Waals surface area contributed by atoms with E-state index in [9.17, 15) is 5.11 Å². The van der Waals surface area contributed by atoms with Crippen molar-refractivity contribution in [3.05, 3.63) is 11.6 Å². The summed E-state index contributed by atoms with van der Waals surface area (Å²) in [6, 6.07) is 0. The molecule has 3 aliphatic carbocycles. The number of hydrogen-bond donors (Lipinski definition) is 1. The van der Waals surface area contributed by atoms with Crippen molar-refractivity contribution in [1.82, 2.24) is 0 Å². The zero-order valence-corrected chi connectivity index (χ0v) is 9.21. The summed E-state index contributed by atoms with van der Waals surface area (Å²) >= 11 is 0. The molecule has 1 spiro atoms. The predicted molar refractivity (Wildman–Crippen MR) is 56.9 cm³/mol. The molecule has 3 aliphatic rings. The summed E-state index contributed by atoms with van der Waals surface area (Å²) in [6.07, 6.45) is 8.56. The molecule has 2 bridgehead atoms. The molecule has 0 saturated heterocycles. The topological polar surface area (TPSA) is 20.2 Å². The largest absolute Gasteiger partial charge is 0.388 e. The minimum Gasteiger partial charge on any atom is -0.388 e. The van der Waals surface area contributed by atoms with E-state index in [4.69, 9.17) is 0 Å². The highest BCUT2D eigenvalue weighted by Crippen LogP contribution is 2.67. The Kier molecular flexibility index (Phi) is 1.56. The molecule has 78 valence electrons. The zero-order valence-electron chi connectivity index (χ0n) is 9.21. The van der Waals surface area contributed by atoms with Crippen molar-refractivity contribution in [2.45, 2.75) is 52.1 Å². The van der Waals surface area contributed by atoms with Gasteiger partial charge in [-0.15, -0.1) is 0 Å². The lowest BCUT2D eigenvalue weighted by atomic mass is 9.57. The van der Waals surface area contributed by atoms with Gasteiger partial charge in [-0.3, -0.25) is 0 Å². The smallest absolute Gasteiger partial charge is 0.0784 e. The van der Waals surface area contributed by atoms with E-state index in [0.717, 1.165) is 0 Å². The number of fused-ring (bicyclic) bond motifs is 1. The molecular formula is C13H20O. The minimum atomic E-state index is -0.0941. The van der Waals surface area contributed by atoms with Crippen LogP contribution in [0.1, 0.15) is 46.0 Å². The Morgan fingerprint density at radius 3 is 2.86 bits per heavy atom. The Morgan fingerprint density at radius 1 is 1.36 bits per heavy atom. The van der Waals surface area contributed by atoms with Crippen LogP contribution in [0.5, 0.6) is 0 Å². The van der Waals surface area contributed by atoms with Crippen LogP contribution in [0.15, 0.2) is 11.6 Å². The van der Waals surface area contributed by atoms with Crippen LogP contribution in [0.25, 0.3) is 0 Å². The summed E-state index contributed by atoms with van der Waals surface area (Å²) in [4.78, 5) is 0. The van der Waals surface area contributed by atoms with Gasteiger partial charge >= 0.3 is 0 Å². The van der Waals surface area contributed by atoms with Crippen LogP contribution in [-0.4, -0.2) is 11.2 Å². The third-order valence-corrected chi connectivity index (χ3v) is 5.30. The second-order valence-electron chi connectivity index (χ2n) is 6.11. The molecule has 2 fully saturated rings. The maximum Gasteiger partial charge on any atom is 0.0784 e. The van der Waals surface area contributed by atoms with Gasteiger partial charge in [-0.2, -0.15) is 0 Å². The second-order valence-corrected chi connectivity index (χ2v) is 6.11. The molecule has 3 atom stereocenters. The number of rotatable bonds is 0. The van der Waals surface area contributed by atoms with Crippen LogP contribution in [0.2, 0.25) is 0 Å². The first-order chi connectivity index (χ1) is 6.57. The summed E-state index contributed by atoms with van der Waals surface area (Å²) in [6.45, 7) is 4.81. The van der Waals surface area contributed by atoms with Crippen LogP contribution >= 0.6 is 0 Å². The molecule has 0 amide bonds. The molecule has 1 heteroatoms. The number of aliphatic hydroxyl groups is 1. The summed E-state index contributed by atoms with van der Waals surface area (Å²) < 4.78 is 0. The van der Waals surface area contributed by atoms with Crippen molar-refractivity contribution >= 4 is 0 Å².